The molecule has 2 atom stereocenters. The van der Waals surface area contributed by atoms with Crippen molar-refractivity contribution in [3.63, 3.8) is 0 Å². The number of pyridine rings is 1. The molecule has 0 aliphatic carbocycles. The predicted octanol–water partition coefficient (Wildman–Crippen LogP) is 6.82. The molecule has 7 heteroatoms. The summed E-state index contributed by atoms with van der Waals surface area (Å²) in [5.74, 6) is 0.649. The maximum atomic E-state index is 13.3. The van der Waals surface area contributed by atoms with Crippen LogP contribution in [0.5, 0.6) is 0 Å². The first-order valence-corrected chi connectivity index (χ1v) is 12.5. The second-order valence-electron chi connectivity index (χ2n) is 8.85. The van der Waals surface area contributed by atoms with Gasteiger partial charge in [0.25, 0.3) is 5.91 Å². The number of anilines is 1. The summed E-state index contributed by atoms with van der Waals surface area (Å²) < 4.78 is 0. The van der Waals surface area contributed by atoms with Gasteiger partial charge in [-0.1, -0.05) is 59.1 Å². The fraction of sp³-hybridized carbons (Fsp3) is 0.259. The molecule has 0 bridgehead atoms. The van der Waals surface area contributed by atoms with Gasteiger partial charge in [-0.25, -0.2) is 4.98 Å². The normalized spacial score (nSPS) is 20.3. The second kappa shape index (κ2) is 10.1. The molecule has 4 nitrogen and oxygen atoms in total. The Balaban J connectivity index is 1.30. The molecular formula is C27H24Cl3N3O. The van der Waals surface area contributed by atoms with Crippen LogP contribution in [0.15, 0.2) is 66.9 Å². The van der Waals surface area contributed by atoms with Gasteiger partial charge in [0.05, 0.1) is 0 Å². The molecule has 0 N–H and O–H groups in total. The molecule has 174 valence electrons. The Morgan fingerprint density at radius 1 is 1.00 bits per heavy atom. The van der Waals surface area contributed by atoms with Gasteiger partial charge >= 0.3 is 0 Å². The zero-order valence-corrected chi connectivity index (χ0v) is 20.8. The minimum absolute atomic E-state index is 0.0591. The smallest absolute Gasteiger partial charge is 0.258 e. The molecule has 2 aliphatic heterocycles. The lowest BCUT2D eigenvalue weighted by Gasteiger charge is -2.21. The van der Waals surface area contributed by atoms with Crippen LogP contribution < -0.4 is 4.90 Å². The maximum Gasteiger partial charge on any atom is 0.258 e. The number of carbonyl (C=O) groups excluding carboxylic acids is 1. The van der Waals surface area contributed by atoms with Crippen LogP contribution in [0.25, 0.3) is 6.08 Å². The lowest BCUT2D eigenvalue weighted by atomic mass is 9.87. The van der Waals surface area contributed by atoms with Crippen LogP contribution in [0.2, 0.25) is 15.2 Å². The number of amides is 1. The second-order valence-corrected chi connectivity index (χ2v) is 10.1. The third-order valence-corrected chi connectivity index (χ3v) is 7.39. The summed E-state index contributed by atoms with van der Waals surface area (Å²) >= 11 is 18.4. The van der Waals surface area contributed by atoms with Crippen molar-refractivity contribution < 1.29 is 4.79 Å². The highest BCUT2D eigenvalue weighted by molar-refractivity contribution is 6.31. The highest BCUT2D eigenvalue weighted by atomic mass is 35.5. The van der Waals surface area contributed by atoms with Crippen molar-refractivity contribution in [1.29, 1.82) is 0 Å². The van der Waals surface area contributed by atoms with E-state index in [2.05, 4.69) is 22.0 Å². The molecule has 0 saturated carbocycles. The van der Waals surface area contributed by atoms with E-state index in [1.165, 1.54) is 0 Å². The molecule has 1 fully saturated rings. The summed E-state index contributed by atoms with van der Waals surface area (Å²) in [7, 11) is 0. The van der Waals surface area contributed by atoms with Crippen molar-refractivity contribution in [3.05, 3.63) is 98.8 Å². The number of hydrogen-bond acceptors (Lipinski definition) is 3. The number of rotatable bonds is 5. The van der Waals surface area contributed by atoms with Gasteiger partial charge < -0.3 is 4.90 Å². The average molecular weight is 513 g/mol. The summed E-state index contributed by atoms with van der Waals surface area (Å²) in [5, 5.41) is 1.76. The maximum absolute atomic E-state index is 13.3. The SMILES string of the molecule is O=C(c1ccnc(Cl)c1)N1CC(C2CCN(CC=Cc3ccc(Cl)cc3)C2)c2cc(Cl)ccc21. The summed E-state index contributed by atoms with van der Waals surface area (Å²) in [6.07, 6.45) is 7.00. The van der Waals surface area contributed by atoms with Crippen LogP contribution >= 0.6 is 34.8 Å². The van der Waals surface area contributed by atoms with E-state index in [9.17, 15) is 4.79 Å². The zero-order valence-electron chi connectivity index (χ0n) is 18.5. The first-order valence-electron chi connectivity index (χ1n) is 11.4. The van der Waals surface area contributed by atoms with E-state index in [1.54, 1.807) is 18.3 Å². The van der Waals surface area contributed by atoms with Crippen LogP contribution in [0.4, 0.5) is 5.69 Å². The Hall–Kier alpha value is -2.37. The Labute approximate surface area is 214 Å². The molecule has 0 radical (unpaired) electrons. The van der Waals surface area contributed by atoms with Crippen LogP contribution in [0.3, 0.4) is 0 Å². The molecule has 1 aromatic heterocycles. The minimum atomic E-state index is -0.0591. The van der Waals surface area contributed by atoms with E-state index in [0.717, 1.165) is 47.9 Å². The number of halogens is 3. The molecule has 3 aromatic rings. The molecule has 2 unspecified atom stereocenters. The number of benzene rings is 2. The van der Waals surface area contributed by atoms with Crippen molar-refractivity contribution in [2.75, 3.05) is 31.1 Å². The van der Waals surface area contributed by atoms with Crippen LogP contribution in [-0.4, -0.2) is 42.0 Å². The number of hydrogen-bond donors (Lipinski definition) is 0. The van der Waals surface area contributed by atoms with Crippen LogP contribution in [-0.2, 0) is 0 Å². The van der Waals surface area contributed by atoms with Gasteiger partial charge in [-0.05, 0) is 72.5 Å². The number of nitrogens with zero attached hydrogens (tertiary/aromatic N) is 3. The van der Waals surface area contributed by atoms with Gasteiger partial charge in [0.15, 0.2) is 0 Å². The van der Waals surface area contributed by atoms with E-state index in [4.69, 9.17) is 34.8 Å². The summed E-state index contributed by atoms with van der Waals surface area (Å²) in [4.78, 5) is 21.7. The average Bonchev–Trinajstić information content (AvgIpc) is 3.44. The number of carbonyl (C=O) groups is 1. The molecule has 1 saturated heterocycles. The van der Waals surface area contributed by atoms with E-state index in [0.29, 0.717) is 28.2 Å². The van der Waals surface area contributed by atoms with Gasteiger partial charge in [0.1, 0.15) is 5.15 Å². The van der Waals surface area contributed by atoms with Crippen molar-refractivity contribution >= 4 is 52.5 Å². The standard InChI is InChI=1S/C27H24Cl3N3O/c28-21-5-3-18(4-6-21)2-1-12-32-13-10-20(16-32)24-17-33(25-8-7-22(29)15-23(24)25)27(34)19-9-11-31-26(30)14-19/h1-9,11,14-15,20,24H,10,12-13,16-17H2. The van der Waals surface area contributed by atoms with E-state index >= 15 is 0 Å². The first-order chi connectivity index (χ1) is 16.5. The largest absolute Gasteiger partial charge is 0.307 e. The van der Waals surface area contributed by atoms with Crippen molar-refractivity contribution in [2.24, 2.45) is 5.92 Å². The lowest BCUT2D eigenvalue weighted by Crippen LogP contribution is -2.31. The molecular weight excluding hydrogens is 489 g/mol. The third kappa shape index (κ3) is 5.01. The van der Waals surface area contributed by atoms with E-state index in [1.807, 2.05) is 47.4 Å². The Kier molecular flexibility index (Phi) is 6.94. The molecule has 2 aromatic carbocycles. The molecule has 34 heavy (non-hydrogen) atoms. The predicted molar refractivity (Wildman–Crippen MR) is 140 cm³/mol. The molecule has 2 aliphatic rings. The summed E-state index contributed by atoms with van der Waals surface area (Å²) in [6.45, 7) is 3.57. The van der Waals surface area contributed by atoms with E-state index < -0.39 is 0 Å². The number of fused-ring (bicyclic) bond motifs is 1. The number of aromatic nitrogens is 1. The van der Waals surface area contributed by atoms with Crippen molar-refractivity contribution in [2.45, 2.75) is 12.3 Å². The molecule has 1 amide bonds. The van der Waals surface area contributed by atoms with Gasteiger partial charge in [0.2, 0.25) is 0 Å². The van der Waals surface area contributed by atoms with Crippen molar-refractivity contribution in [1.82, 2.24) is 9.88 Å². The topological polar surface area (TPSA) is 36.4 Å². The third-order valence-electron chi connectivity index (χ3n) is 6.70. The van der Waals surface area contributed by atoms with Gasteiger partial charge in [0, 0.05) is 53.0 Å². The van der Waals surface area contributed by atoms with Crippen molar-refractivity contribution in [3.8, 4) is 0 Å². The highest BCUT2D eigenvalue weighted by Gasteiger charge is 2.39. The highest BCUT2D eigenvalue weighted by Crippen LogP contribution is 2.44. The van der Waals surface area contributed by atoms with Gasteiger partial charge in [-0.3, -0.25) is 9.69 Å². The lowest BCUT2D eigenvalue weighted by molar-refractivity contribution is 0.0987. The monoisotopic (exact) mass is 511 g/mol. The Morgan fingerprint density at radius 3 is 2.59 bits per heavy atom. The van der Waals surface area contributed by atoms with Gasteiger partial charge in [-0.2, -0.15) is 0 Å². The van der Waals surface area contributed by atoms with Gasteiger partial charge in [-0.15, -0.1) is 0 Å². The summed E-state index contributed by atoms with van der Waals surface area (Å²) in [6, 6.07) is 17.0. The van der Waals surface area contributed by atoms with Crippen LogP contribution in [0.1, 0.15) is 33.8 Å². The quantitative estimate of drug-likeness (QED) is 0.352. The van der Waals surface area contributed by atoms with Crippen LogP contribution in [0, 0.1) is 5.92 Å². The minimum Gasteiger partial charge on any atom is -0.307 e. The Morgan fingerprint density at radius 2 is 1.79 bits per heavy atom. The van der Waals surface area contributed by atoms with E-state index in [-0.39, 0.29) is 11.8 Å². The molecule has 5 rings (SSSR count). The zero-order chi connectivity index (χ0) is 23.7. The Bertz CT molecular complexity index is 1230. The molecule has 3 heterocycles. The first kappa shape index (κ1) is 23.4. The number of likely N-dealkylation sites (tertiary alicyclic amines) is 1. The summed E-state index contributed by atoms with van der Waals surface area (Å²) in [5.41, 5.74) is 3.78. The molecule has 0 spiro atoms. The fourth-order valence-electron chi connectivity index (χ4n) is 5.02. The fourth-order valence-corrected chi connectivity index (χ4v) is 5.50.